The van der Waals surface area contributed by atoms with Gasteiger partial charge < -0.3 is 0 Å². The molecule has 56 valence electrons. The van der Waals surface area contributed by atoms with Gasteiger partial charge in [0.2, 0.25) is 0 Å². The summed E-state index contributed by atoms with van der Waals surface area (Å²) in [6, 6.07) is 6.28. The molecular weight excluding hydrogens is 156 g/mol. The zero-order valence-electron chi connectivity index (χ0n) is 6.16. The minimum absolute atomic E-state index is 1.11. The van der Waals surface area contributed by atoms with Gasteiger partial charge in [-0.2, -0.15) is 5.10 Å². The Morgan fingerprint density at radius 1 is 1.45 bits per heavy atom. The number of thioether (sulfide) groups is 1. The summed E-state index contributed by atoms with van der Waals surface area (Å²) < 4.78 is 0. The summed E-state index contributed by atoms with van der Waals surface area (Å²) in [4.78, 5) is 1.27. The average Bonchev–Trinajstić information content (AvgIpc) is 2.50. The van der Waals surface area contributed by atoms with E-state index >= 15 is 0 Å². The monoisotopic (exact) mass is 164 g/mol. The molecule has 0 bridgehead atoms. The van der Waals surface area contributed by atoms with Crippen LogP contribution in [0.25, 0.3) is 10.9 Å². The highest BCUT2D eigenvalue weighted by Crippen LogP contribution is 2.19. The van der Waals surface area contributed by atoms with Crippen LogP contribution in [0.1, 0.15) is 0 Å². The van der Waals surface area contributed by atoms with E-state index in [2.05, 4.69) is 34.7 Å². The number of rotatable bonds is 1. The second-order valence-corrected chi connectivity index (χ2v) is 3.20. The second kappa shape index (κ2) is 2.58. The Labute approximate surface area is 69.0 Å². The maximum Gasteiger partial charge on any atom is 0.0661 e. The molecule has 0 atom stereocenters. The van der Waals surface area contributed by atoms with Gasteiger partial charge in [-0.1, -0.05) is 6.07 Å². The molecule has 0 aliphatic rings. The molecule has 2 nitrogen and oxygen atoms in total. The number of nitrogens with one attached hydrogen (secondary N) is 1. The van der Waals surface area contributed by atoms with Gasteiger partial charge in [-0.05, 0) is 18.4 Å². The molecule has 0 saturated heterocycles. The highest BCUT2D eigenvalue weighted by molar-refractivity contribution is 7.98. The first-order chi connectivity index (χ1) is 5.40. The van der Waals surface area contributed by atoms with Crippen LogP contribution in [0.2, 0.25) is 0 Å². The van der Waals surface area contributed by atoms with Crippen molar-refractivity contribution in [2.24, 2.45) is 0 Å². The van der Waals surface area contributed by atoms with Crippen LogP contribution in [0.5, 0.6) is 0 Å². The first kappa shape index (κ1) is 6.73. The van der Waals surface area contributed by atoms with E-state index in [4.69, 9.17) is 0 Å². The zero-order chi connectivity index (χ0) is 7.68. The third kappa shape index (κ3) is 1.12. The van der Waals surface area contributed by atoms with Gasteiger partial charge >= 0.3 is 0 Å². The minimum atomic E-state index is 1.11. The average molecular weight is 164 g/mol. The Morgan fingerprint density at radius 2 is 2.36 bits per heavy atom. The molecule has 0 saturated carbocycles. The van der Waals surface area contributed by atoms with E-state index in [0.717, 1.165) is 5.52 Å². The maximum absolute atomic E-state index is 3.94. The van der Waals surface area contributed by atoms with Gasteiger partial charge in [0, 0.05) is 10.3 Å². The highest BCUT2D eigenvalue weighted by atomic mass is 32.2. The standard InChI is InChI=1S/C8H8N2S/c1-11-7-3-2-6-5-9-10-8(6)4-7/h2-5H,1H3,(H,9,10). The van der Waals surface area contributed by atoms with E-state index in [1.54, 1.807) is 11.8 Å². The molecular formula is C8H8N2S. The number of benzene rings is 1. The van der Waals surface area contributed by atoms with Gasteiger partial charge in [-0.3, -0.25) is 5.10 Å². The molecule has 0 aliphatic heterocycles. The van der Waals surface area contributed by atoms with Crippen LogP contribution in [0.4, 0.5) is 0 Å². The van der Waals surface area contributed by atoms with Crippen molar-refractivity contribution < 1.29 is 0 Å². The maximum atomic E-state index is 3.94. The summed E-state index contributed by atoms with van der Waals surface area (Å²) in [6.07, 6.45) is 3.90. The minimum Gasteiger partial charge on any atom is -0.278 e. The number of hydrogen-bond donors (Lipinski definition) is 1. The molecule has 0 radical (unpaired) electrons. The van der Waals surface area contributed by atoms with Crippen LogP contribution in [-0.2, 0) is 0 Å². The molecule has 1 N–H and O–H groups in total. The summed E-state index contributed by atoms with van der Waals surface area (Å²) in [7, 11) is 0. The third-order valence-electron chi connectivity index (χ3n) is 1.65. The highest BCUT2D eigenvalue weighted by Gasteiger charge is 1.95. The molecule has 1 heterocycles. The largest absolute Gasteiger partial charge is 0.278 e. The Hall–Kier alpha value is -0.960. The summed E-state index contributed by atoms with van der Waals surface area (Å²) in [5.41, 5.74) is 1.11. The quantitative estimate of drug-likeness (QED) is 0.655. The molecule has 1 aromatic carbocycles. The Balaban J connectivity index is 2.67. The molecule has 0 aliphatic carbocycles. The van der Waals surface area contributed by atoms with Crippen molar-refractivity contribution in [1.29, 1.82) is 0 Å². The van der Waals surface area contributed by atoms with Crippen LogP contribution in [0, 0.1) is 0 Å². The zero-order valence-corrected chi connectivity index (χ0v) is 6.98. The summed E-state index contributed by atoms with van der Waals surface area (Å²) >= 11 is 1.74. The summed E-state index contributed by atoms with van der Waals surface area (Å²) in [6.45, 7) is 0. The van der Waals surface area contributed by atoms with Gasteiger partial charge in [-0.25, -0.2) is 0 Å². The van der Waals surface area contributed by atoms with Crippen LogP contribution >= 0.6 is 11.8 Å². The third-order valence-corrected chi connectivity index (χ3v) is 2.37. The van der Waals surface area contributed by atoms with E-state index < -0.39 is 0 Å². The predicted octanol–water partition coefficient (Wildman–Crippen LogP) is 2.28. The number of fused-ring (bicyclic) bond motifs is 1. The van der Waals surface area contributed by atoms with Crippen molar-refractivity contribution >= 4 is 22.7 Å². The molecule has 0 fully saturated rings. The predicted molar refractivity (Wildman–Crippen MR) is 47.9 cm³/mol. The second-order valence-electron chi connectivity index (χ2n) is 2.32. The van der Waals surface area contributed by atoms with E-state index in [1.165, 1.54) is 10.3 Å². The fourth-order valence-corrected chi connectivity index (χ4v) is 1.48. The van der Waals surface area contributed by atoms with E-state index in [0.29, 0.717) is 0 Å². The Bertz CT molecular complexity index is 367. The first-order valence-electron chi connectivity index (χ1n) is 3.37. The van der Waals surface area contributed by atoms with Crippen molar-refractivity contribution in [2.45, 2.75) is 4.90 Å². The lowest BCUT2D eigenvalue weighted by molar-refractivity contribution is 1.12. The topological polar surface area (TPSA) is 28.7 Å². The lowest BCUT2D eigenvalue weighted by Crippen LogP contribution is -1.70. The van der Waals surface area contributed by atoms with Crippen molar-refractivity contribution in [2.75, 3.05) is 6.26 Å². The van der Waals surface area contributed by atoms with Crippen LogP contribution < -0.4 is 0 Å². The Kier molecular flexibility index (Phi) is 1.58. The summed E-state index contributed by atoms with van der Waals surface area (Å²) in [5.74, 6) is 0. The fourth-order valence-electron chi connectivity index (χ4n) is 1.04. The summed E-state index contributed by atoms with van der Waals surface area (Å²) in [5, 5.41) is 8.04. The smallest absolute Gasteiger partial charge is 0.0661 e. The molecule has 0 spiro atoms. The SMILES string of the molecule is CSc1ccc2cn[nH]c2c1. The Morgan fingerprint density at radius 3 is 3.18 bits per heavy atom. The van der Waals surface area contributed by atoms with E-state index in [-0.39, 0.29) is 0 Å². The molecule has 0 amide bonds. The molecule has 1 aromatic heterocycles. The van der Waals surface area contributed by atoms with E-state index in [9.17, 15) is 0 Å². The van der Waals surface area contributed by atoms with Gasteiger partial charge in [0.25, 0.3) is 0 Å². The molecule has 11 heavy (non-hydrogen) atoms. The normalized spacial score (nSPS) is 10.6. The van der Waals surface area contributed by atoms with Crippen molar-refractivity contribution in [1.82, 2.24) is 10.2 Å². The number of aromatic amines is 1. The number of aromatic nitrogens is 2. The lowest BCUT2D eigenvalue weighted by Gasteiger charge is -1.93. The van der Waals surface area contributed by atoms with Crippen molar-refractivity contribution in [3.05, 3.63) is 24.4 Å². The fraction of sp³-hybridized carbons (Fsp3) is 0.125. The number of nitrogens with zero attached hydrogens (tertiary/aromatic N) is 1. The van der Waals surface area contributed by atoms with Crippen LogP contribution in [0.15, 0.2) is 29.3 Å². The van der Waals surface area contributed by atoms with Crippen molar-refractivity contribution in [3.63, 3.8) is 0 Å². The van der Waals surface area contributed by atoms with E-state index in [1.807, 2.05) is 6.20 Å². The number of hydrogen-bond acceptors (Lipinski definition) is 2. The first-order valence-corrected chi connectivity index (χ1v) is 4.60. The van der Waals surface area contributed by atoms with Gasteiger partial charge in [0.15, 0.2) is 0 Å². The van der Waals surface area contributed by atoms with Gasteiger partial charge in [0.05, 0.1) is 11.7 Å². The number of H-pyrrole nitrogens is 1. The molecule has 0 unspecified atom stereocenters. The lowest BCUT2D eigenvalue weighted by atomic mass is 10.3. The molecule has 2 aromatic rings. The molecule has 3 heteroatoms. The van der Waals surface area contributed by atoms with Crippen molar-refractivity contribution in [3.8, 4) is 0 Å². The molecule has 2 rings (SSSR count). The van der Waals surface area contributed by atoms with Gasteiger partial charge in [-0.15, -0.1) is 11.8 Å². The van der Waals surface area contributed by atoms with Crippen LogP contribution in [-0.4, -0.2) is 16.5 Å². The van der Waals surface area contributed by atoms with Gasteiger partial charge in [0.1, 0.15) is 0 Å². The van der Waals surface area contributed by atoms with Crippen LogP contribution in [0.3, 0.4) is 0 Å².